The molecule has 0 aliphatic heterocycles. The van der Waals surface area contributed by atoms with Crippen LogP contribution in [0.5, 0.6) is 0 Å². The number of hydrogen-bond acceptors (Lipinski definition) is 5. The fraction of sp³-hybridized carbons (Fsp3) is 0.0833. The predicted octanol–water partition coefficient (Wildman–Crippen LogP) is 2.20. The SMILES string of the molecule is Nc1ccc(Cl)c(CNc2ncnc3nc[nH]c23)c1. The number of nitrogens with one attached hydrogen (secondary N) is 2. The first kappa shape index (κ1) is 11.7. The highest BCUT2D eigenvalue weighted by Crippen LogP contribution is 2.21. The lowest BCUT2D eigenvalue weighted by Gasteiger charge is -2.08. The van der Waals surface area contributed by atoms with Crippen molar-refractivity contribution in [2.75, 3.05) is 11.1 Å². The Kier molecular flexibility index (Phi) is 2.92. The molecule has 3 aromatic rings. The number of nitrogens with two attached hydrogens (primary N) is 1. The van der Waals surface area contributed by atoms with Crippen molar-refractivity contribution in [3.05, 3.63) is 41.4 Å². The van der Waals surface area contributed by atoms with E-state index in [2.05, 4.69) is 25.3 Å². The number of nitrogens with zero attached hydrogens (tertiary/aromatic N) is 3. The molecule has 0 unspecified atom stereocenters. The van der Waals surface area contributed by atoms with Gasteiger partial charge in [-0.15, -0.1) is 0 Å². The van der Waals surface area contributed by atoms with Crippen LogP contribution in [0, 0.1) is 0 Å². The van der Waals surface area contributed by atoms with Crippen LogP contribution in [0.4, 0.5) is 11.5 Å². The Balaban J connectivity index is 1.86. The molecule has 3 rings (SSSR count). The molecule has 0 fully saturated rings. The van der Waals surface area contributed by atoms with E-state index in [1.165, 1.54) is 6.33 Å². The number of nitrogen functional groups attached to an aromatic ring is 1. The third-order valence-corrected chi connectivity index (χ3v) is 3.11. The summed E-state index contributed by atoms with van der Waals surface area (Å²) in [6, 6.07) is 5.38. The van der Waals surface area contributed by atoms with Crippen molar-refractivity contribution in [3.8, 4) is 0 Å². The van der Waals surface area contributed by atoms with Gasteiger partial charge >= 0.3 is 0 Å². The first-order valence-electron chi connectivity index (χ1n) is 5.66. The first-order valence-corrected chi connectivity index (χ1v) is 6.03. The maximum Gasteiger partial charge on any atom is 0.182 e. The number of imidazole rings is 1. The summed E-state index contributed by atoms with van der Waals surface area (Å²) < 4.78 is 0. The fourth-order valence-corrected chi connectivity index (χ4v) is 1.99. The van der Waals surface area contributed by atoms with E-state index in [9.17, 15) is 0 Å². The average Bonchev–Trinajstić information content (AvgIpc) is 2.88. The van der Waals surface area contributed by atoms with Crippen molar-refractivity contribution in [2.24, 2.45) is 0 Å². The van der Waals surface area contributed by atoms with E-state index in [0.29, 0.717) is 28.7 Å². The Morgan fingerprint density at radius 3 is 3.05 bits per heavy atom. The van der Waals surface area contributed by atoms with Crippen LogP contribution >= 0.6 is 11.6 Å². The van der Waals surface area contributed by atoms with Gasteiger partial charge in [0.15, 0.2) is 11.5 Å². The standard InChI is InChI=1S/C12H11ClN6/c13-9-2-1-8(14)3-7(9)4-15-11-10-12(17-5-16-10)19-6-18-11/h1-3,5-6H,4,14H2,(H2,15,16,17,18,19). The minimum atomic E-state index is 0.523. The molecule has 7 heteroatoms. The minimum absolute atomic E-state index is 0.523. The summed E-state index contributed by atoms with van der Waals surface area (Å²) in [6.45, 7) is 0.523. The number of rotatable bonds is 3. The molecule has 0 saturated carbocycles. The lowest BCUT2D eigenvalue weighted by molar-refractivity contribution is 1.10. The quantitative estimate of drug-likeness (QED) is 0.637. The number of hydrogen-bond donors (Lipinski definition) is 3. The second-order valence-electron chi connectivity index (χ2n) is 4.03. The zero-order valence-corrected chi connectivity index (χ0v) is 10.6. The molecule has 0 aliphatic carbocycles. The molecule has 0 bridgehead atoms. The van der Waals surface area contributed by atoms with Crippen molar-refractivity contribution in [1.29, 1.82) is 0 Å². The van der Waals surface area contributed by atoms with Gasteiger partial charge in [0.2, 0.25) is 0 Å². The van der Waals surface area contributed by atoms with E-state index >= 15 is 0 Å². The highest BCUT2D eigenvalue weighted by atomic mass is 35.5. The summed E-state index contributed by atoms with van der Waals surface area (Å²) >= 11 is 6.11. The summed E-state index contributed by atoms with van der Waals surface area (Å²) in [5.41, 5.74) is 8.72. The Hall–Kier alpha value is -2.34. The lowest BCUT2D eigenvalue weighted by Crippen LogP contribution is -2.03. The number of aromatic nitrogens is 4. The van der Waals surface area contributed by atoms with E-state index in [1.54, 1.807) is 18.5 Å². The third kappa shape index (κ3) is 2.30. The molecule has 0 spiro atoms. The molecule has 0 radical (unpaired) electrons. The Morgan fingerprint density at radius 1 is 1.26 bits per heavy atom. The van der Waals surface area contributed by atoms with Crippen LogP contribution < -0.4 is 11.1 Å². The number of benzene rings is 1. The summed E-state index contributed by atoms with van der Waals surface area (Å²) in [7, 11) is 0. The number of halogens is 1. The highest BCUT2D eigenvalue weighted by Gasteiger charge is 2.06. The largest absolute Gasteiger partial charge is 0.399 e. The normalized spacial score (nSPS) is 10.8. The van der Waals surface area contributed by atoms with Gasteiger partial charge in [0.05, 0.1) is 6.33 Å². The lowest BCUT2D eigenvalue weighted by atomic mass is 10.2. The molecule has 1 aromatic carbocycles. The number of fused-ring (bicyclic) bond motifs is 1. The molecule has 4 N–H and O–H groups in total. The Morgan fingerprint density at radius 2 is 2.16 bits per heavy atom. The Bertz CT molecular complexity index is 723. The zero-order valence-electron chi connectivity index (χ0n) is 9.89. The van der Waals surface area contributed by atoms with E-state index < -0.39 is 0 Å². The topological polar surface area (TPSA) is 92.5 Å². The van der Waals surface area contributed by atoms with E-state index in [0.717, 1.165) is 11.1 Å². The van der Waals surface area contributed by atoms with Gasteiger partial charge in [0.25, 0.3) is 0 Å². The third-order valence-electron chi connectivity index (χ3n) is 2.74. The second-order valence-corrected chi connectivity index (χ2v) is 4.44. The molecular weight excluding hydrogens is 264 g/mol. The van der Waals surface area contributed by atoms with E-state index in [-0.39, 0.29) is 0 Å². The molecule has 0 aliphatic rings. The molecule has 96 valence electrons. The number of anilines is 2. The smallest absolute Gasteiger partial charge is 0.182 e. The maximum absolute atomic E-state index is 6.11. The highest BCUT2D eigenvalue weighted by molar-refractivity contribution is 6.31. The van der Waals surface area contributed by atoms with E-state index in [4.69, 9.17) is 17.3 Å². The molecular formula is C12H11ClN6. The van der Waals surface area contributed by atoms with Crippen LogP contribution in [0.25, 0.3) is 11.2 Å². The monoisotopic (exact) mass is 274 g/mol. The van der Waals surface area contributed by atoms with Crippen LogP contribution in [0.1, 0.15) is 5.56 Å². The molecule has 19 heavy (non-hydrogen) atoms. The molecule has 2 aromatic heterocycles. The Labute approximate surface area is 114 Å². The fourth-order valence-electron chi connectivity index (χ4n) is 1.81. The summed E-state index contributed by atoms with van der Waals surface area (Å²) in [5, 5.41) is 3.86. The summed E-state index contributed by atoms with van der Waals surface area (Å²) in [4.78, 5) is 15.3. The van der Waals surface area contributed by atoms with Gasteiger partial charge in [-0.05, 0) is 23.8 Å². The van der Waals surface area contributed by atoms with Crippen molar-refractivity contribution in [3.63, 3.8) is 0 Å². The van der Waals surface area contributed by atoms with Gasteiger partial charge in [-0.2, -0.15) is 0 Å². The van der Waals surface area contributed by atoms with Gasteiger partial charge in [0, 0.05) is 17.3 Å². The maximum atomic E-state index is 6.11. The van der Waals surface area contributed by atoms with Crippen LogP contribution in [0.3, 0.4) is 0 Å². The first-order chi connectivity index (χ1) is 9.24. The molecule has 0 amide bonds. The second kappa shape index (κ2) is 4.74. The van der Waals surface area contributed by atoms with Gasteiger partial charge in [0.1, 0.15) is 11.8 Å². The molecule has 0 atom stereocenters. The average molecular weight is 275 g/mol. The van der Waals surface area contributed by atoms with Gasteiger partial charge in [-0.25, -0.2) is 15.0 Å². The van der Waals surface area contributed by atoms with Gasteiger partial charge in [-0.3, -0.25) is 0 Å². The molecule has 0 saturated heterocycles. The predicted molar refractivity (Wildman–Crippen MR) is 74.9 cm³/mol. The van der Waals surface area contributed by atoms with Gasteiger partial charge < -0.3 is 16.0 Å². The van der Waals surface area contributed by atoms with Crippen molar-refractivity contribution < 1.29 is 0 Å². The molecule has 6 nitrogen and oxygen atoms in total. The van der Waals surface area contributed by atoms with Crippen LogP contribution in [-0.4, -0.2) is 19.9 Å². The number of aromatic amines is 1. The van der Waals surface area contributed by atoms with Crippen molar-refractivity contribution >= 4 is 34.3 Å². The minimum Gasteiger partial charge on any atom is -0.399 e. The van der Waals surface area contributed by atoms with Crippen LogP contribution in [0.15, 0.2) is 30.9 Å². The summed E-state index contributed by atoms with van der Waals surface area (Å²) in [6.07, 6.45) is 3.05. The van der Waals surface area contributed by atoms with Crippen LogP contribution in [-0.2, 0) is 6.54 Å². The molecule has 2 heterocycles. The number of H-pyrrole nitrogens is 1. The zero-order chi connectivity index (χ0) is 13.2. The van der Waals surface area contributed by atoms with Crippen molar-refractivity contribution in [2.45, 2.75) is 6.54 Å². The van der Waals surface area contributed by atoms with Gasteiger partial charge in [-0.1, -0.05) is 11.6 Å². The van der Waals surface area contributed by atoms with Crippen LogP contribution in [0.2, 0.25) is 5.02 Å². The van der Waals surface area contributed by atoms with E-state index in [1.807, 2.05) is 6.07 Å². The summed E-state index contributed by atoms with van der Waals surface area (Å²) in [5.74, 6) is 0.681. The van der Waals surface area contributed by atoms with Crippen molar-refractivity contribution in [1.82, 2.24) is 19.9 Å².